The zero-order valence-corrected chi connectivity index (χ0v) is 13.4. The van der Waals surface area contributed by atoms with E-state index in [2.05, 4.69) is 54.1 Å². The number of carbonyl (C=O) groups is 1. The molecule has 0 radical (unpaired) electrons. The highest BCUT2D eigenvalue weighted by atomic mass is 16.1. The van der Waals surface area contributed by atoms with Crippen molar-refractivity contribution in [2.24, 2.45) is 7.05 Å². The van der Waals surface area contributed by atoms with Crippen molar-refractivity contribution >= 4 is 33.7 Å². The molecule has 0 saturated carbocycles. The molecule has 24 heavy (non-hydrogen) atoms. The van der Waals surface area contributed by atoms with E-state index in [1.165, 1.54) is 21.8 Å². The van der Waals surface area contributed by atoms with E-state index in [0.717, 1.165) is 5.56 Å². The van der Waals surface area contributed by atoms with E-state index in [-0.39, 0.29) is 5.78 Å². The van der Waals surface area contributed by atoms with Gasteiger partial charge in [-0.05, 0) is 29.8 Å². The summed E-state index contributed by atoms with van der Waals surface area (Å²) in [6, 6.07) is 24.0. The maximum absolute atomic E-state index is 12.2. The summed E-state index contributed by atoms with van der Waals surface area (Å²) in [6.07, 6.45) is 3.53. The second-order valence-electron chi connectivity index (χ2n) is 5.92. The van der Waals surface area contributed by atoms with Crippen molar-refractivity contribution in [2.45, 2.75) is 0 Å². The number of aryl methyl sites for hydroxylation is 1. The van der Waals surface area contributed by atoms with Crippen LogP contribution in [0.1, 0.15) is 15.9 Å². The number of fused-ring (bicyclic) bond motifs is 3. The molecule has 0 aliphatic carbocycles. The molecular formula is C22H17NO. The fourth-order valence-corrected chi connectivity index (χ4v) is 3.16. The van der Waals surface area contributed by atoms with Crippen molar-refractivity contribution in [3.8, 4) is 0 Å². The van der Waals surface area contributed by atoms with Gasteiger partial charge in [-0.3, -0.25) is 4.79 Å². The molecule has 4 rings (SSSR count). The van der Waals surface area contributed by atoms with Gasteiger partial charge in [0, 0.05) is 34.4 Å². The summed E-state index contributed by atoms with van der Waals surface area (Å²) in [5, 5.41) is 2.45. The van der Waals surface area contributed by atoms with E-state index in [9.17, 15) is 4.79 Å². The van der Waals surface area contributed by atoms with E-state index < -0.39 is 0 Å². The summed E-state index contributed by atoms with van der Waals surface area (Å²) in [7, 11) is 2.08. The van der Waals surface area contributed by atoms with Crippen LogP contribution in [0.5, 0.6) is 0 Å². The molecule has 2 nitrogen and oxygen atoms in total. The van der Waals surface area contributed by atoms with Crippen LogP contribution in [-0.4, -0.2) is 10.4 Å². The second-order valence-corrected chi connectivity index (χ2v) is 5.92. The van der Waals surface area contributed by atoms with Crippen molar-refractivity contribution in [3.05, 3.63) is 90.0 Å². The number of carbonyl (C=O) groups excluding carboxylic acids is 1. The predicted molar refractivity (Wildman–Crippen MR) is 100 cm³/mol. The normalized spacial score (nSPS) is 11.5. The lowest BCUT2D eigenvalue weighted by atomic mass is 10.1. The smallest absolute Gasteiger partial charge is 0.185 e. The first-order valence-electron chi connectivity index (χ1n) is 7.99. The Hall–Kier alpha value is -3.13. The molecule has 0 saturated heterocycles. The summed E-state index contributed by atoms with van der Waals surface area (Å²) in [4.78, 5) is 12.2. The van der Waals surface area contributed by atoms with Crippen LogP contribution in [0, 0.1) is 0 Å². The molecule has 0 aliphatic heterocycles. The van der Waals surface area contributed by atoms with Crippen LogP contribution < -0.4 is 0 Å². The molecule has 0 amide bonds. The van der Waals surface area contributed by atoms with E-state index in [1.807, 2.05) is 36.4 Å². The lowest BCUT2D eigenvalue weighted by Crippen LogP contribution is -1.92. The minimum Gasteiger partial charge on any atom is -0.344 e. The molecule has 4 aromatic rings. The van der Waals surface area contributed by atoms with Gasteiger partial charge in [0.2, 0.25) is 0 Å². The Labute approximate surface area is 140 Å². The number of allylic oxidation sites excluding steroid dienone is 1. The highest BCUT2D eigenvalue weighted by Gasteiger charge is 2.07. The molecule has 1 heterocycles. The minimum absolute atomic E-state index is 0.0219. The van der Waals surface area contributed by atoms with Crippen molar-refractivity contribution in [2.75, 3.05) is 0 Å². The summed E-state index contributed by atoms with van der Waals surface area (Å²) < 4.78 is 2.20. The van der Waals surface area contributed by atoms with Crippen molar-refractivity contribution in [3.63, 3.8) is 0 Å². The first kappa shape index (κ1) is 14.5. The number of para-hydroxylation sites is 1. The van der Waals surface area contributed by atoms with E-state index in [4.69, 9.17) is 0 Å². The number of hydrogen-bond acceptors (Lipinski definition) is 1. The number of nitrogens with zero attached hydrogens (tertiary/aromatic N) is 1. The third-order valence-electron chi connectivity index (χ3n) is 4.42. The van der Waals surface area contributed by atoms with Crippen LogP contribution in [0.3, 0.4) is 0 Å². The Morgan fingerprint density at radius 3 is 2.38 bits per heavy atom. The number of ketones is 1. The average Bonchev–Trinajstić information content (AvgIpc) is 2.93. The Morgan fingerprint density at radius 2 is 1.54 bits per heavy atom. The Bertz CT molecular complexity index is 1070. The lowest BCUT2D eigenvalue weighted by molar-refractivity contribution is 0.104. The fourth-order valence-electron chi connectivity index (χ4n) is 3.16. The lowest BCUT2D eigenvalue weighted by Gasteiger charge is -1.99. The van der Waals surface area contributed by atoms with Crippen LogP contribution in [0.2, 0.25) is 0 Å². The molecule has 0 atom stereocenters. The molecule has 116 valence electrons. The van der Waals surface area contributed by atoms with Crippen LogP contribution in [0.4, 0.5) is 0 Å². The third-order valence-corrected chi connectivity index (χ3v) is 4.42. The van der Waals surface area contributed by atoms with Crippen LogP contribution in [0.25, 0.3) is 27.9 Å². The average molecular weight is 311 g/mol. The Balaban J connectivity index is 1.74. The van der Waals surface area contributed by atoms with Gasteiger partial charge in [0.05, 0.1) is 0 Å². The highest BCUT2D eigenvalue weighted by Crippen LogP contribution is 2.28. The number of rotatable bonds is 3. The van der Waals surface area contributed by atoms with Gasteiger partial charge >= 0.3 is 0 Å². The quantitative estimate of drug-likeness (QED) is 0.375. The van der Waals surface area contributed by atoms with Gasteiger partial charge in [0.15, 0.2) is 5.78 Å². The van der Waals surface area contributed by atoms with E-state index in [0.29, 0.717) is 5.56 Å². The zero-order valence-electron chi connectivity index (χ0n) is 13.4. The number of aromatic nitrogens is 1. The maximum atomic E-state index is 12.2. The molecule has 0 bridgehead atoms. The summed E-state index contributed by atoms with van der Waals surface area (Å²) in [6.45, 7) is 0. The highest BCUT2D eigenvalue weighted by molar-refractivity contribution is 6.09. The van der Waals surface area contributed by atoms with E-state index >= 15 is 0 Å². The van der Waals surface area contributed by atoms with Gasteiger partial charge < -0.3 is 4.57 Å². The van der Waals surface area contributed by atoms with Gasteiger partial charge in [0.25, 0.3) is 0 Å². The molecule has 0 spiro atoms. The van der Waals surface area contributed by atoms with Gasteiger partial charge in [0.1, 0.15) is 0 Å². The topological polar surface area (TPSA) is 22.0 Å². The first-order valence-corrected chi connectivity index (χ1v) is 7.99. The van der Waals surface area contributed by atoms with Crippen molar-refractivity contribution in [1.29, 1.82) is 0 Å². The van der Waals surface area contributed by atoms with Crippen LogP contribution >= 0.6 is 0 Å². The van der Waals surface area contributed by atoms with Crippen LogP contribution in [0.15, 0.2) is 78.9 Å². The van der Waals surface area contributed by atoms with Crippen molar-refractivity contribution in [1.82, 2.24) is 4.57 Å². The van der Waals surface area contributed by atoms with Gasteiger partial charge in [-0.15, -0.1) is 0 Å². The van der Waals surface area contributed by atoms with Crippen molar-refractivity contribution < 1.29 is 4.79 Å². The molecule has 0 fully saturated rings. The third kappa shape index (κ3) is 2.42. The maximum Gasteiger partial charge on any atom is 0.185 e. The van der Waals surface area contributed by atoms with Gasteiger partial charge in [-0.25, -0.2) is 0 Å². The number of benzene rings is 3. The Kier molecular flexibility index (Phi) is 3.51. The SMILES string of the molecule is Cn1c2ccccc2c2cc(C=CC(=O)c3ccccc3)ccc21. The van der Waals surface area contributed by atoms with Gasteiger partial charge in [-0.1, -0.05) is 60.7 Å². The minimum atomic E-state index is 0.0219. The molecule has 3 aromatic carbocycles. The summed E-state index contributed by atoms with van der Waals surface area (Å²) in [5.41, 5.74) is 4.15. The molecule has 0 N–H and O–H groups in total. The zero-order chi connectivity index (χ0) is 16.5. The summed E-state index contributed by atoms with van der Waals surface area (Å²) in [5.74, 6) is 0.0219. The van der Waals surface area contributed by atoms with Crippen LogP contribution in [-0.2, 0) is 7.05 Å². The molecule has 0 aliphatic rings. The second kappa shape index (κ2) is 5.82. The standard InChI is InChI=1S/C22H17NO/c1-23-20-10-6-5-9-18(20)19-15-16(11-13-21(19)23)12-14-22(24)17-7-3-2-4-8-17/h2-15H,1H3. The molecule has 1 aromatic heterocycles. The molecule has 0 unspecified atom stereocenters. The van der Waals surface area contributed by atoms with E-state index in [1.54, 1.807) is 6.08 Å². The summed E-state index contributed by atoms with van der Waals surface area (Å²) >= 11 is 0. The number of hydrogen-bond donors (Lipinski definition) is 0. The van der Waals surface area contributed by atoms with Gasteiger partial charge in [-0.2, -0.15) is 0 Å². The monoisotopic (exact) mass is 311 g/mol. The predicted octanol–water partition coefficient (Wildman–Crippen LogP) is 5.23. The first-order chi connectivity index (χ1) is 11.7. The molecular weight excluding hydrogens is 294 g/mol. The largest absolute Gasteiger partial charge is 0.344 e. The molecule has 2 heteroatoms. The Morgan fingerprint density at radius 1 is 0.833 bits per heavy atom. The fraction of sp³-hybridized carbons (Fsp3) is 0.0455.